The molecule has 0 heterocycles. The van der Waals surface area contributed by atoms with E-state index >= 15 is 0 Å². The first-order valence-electron chi connectivity index (χ1n) is 12.9. The number of aliphatic hydroxyl groups excluding tert-OH is 4. The second-order valence-electron chi connectivity index (χ2n) is 12.4. The SMILES string of the molecule is C=C(C)C(O)CC[C@@H](C)[C@H]1CC[C@H]2[C@@H]3[C@H](O)C[C@@H]4C[C@H](O)CC[C@]4(C)[C@H]3C[C@H](O)[C@]12C. The fourth-order valence-corrected chi connectivity index (χ4v) is 9.00. The van der Waals surface area contributed by atoms with Crippen molar-refractivity contribution in [3.05, 3.63) is 12.2 Å². The lowest BCUT2D eigenvalue weighted by atomic mass is 9.43. The lowest BCUT2D eigenvalue weighted by Gasteiger charge is -2.63. The Labute approximate surface area is 189 Å². The Morgan fingerprint density at radius 3 is 2.39 bits per heavy atom. The number of hydrogen-bond donors (Lipinski definition) is 4. The molecule has 4 N–H and O–H groups in total. The van der Waals surface area contributed by atoms with Gasteiger partial charge in [0.1, 0.15) is 0 Å². The van der Waals surface area contributed by atoms with Gasteiger partial charge >= 0.3 is 0 Å². The Hall–Kier alpha value is -0.420. The normalized spacial score (nSPS) is 51.4. The van der Waals surface area contributed by atoms with Crippen LogP contribution in [0, 0.1) is 46.3 Å². The van der Waals surface area contributed by atoms with Gasteiger partial charge in [-0.1, -0.05) is 32.9 Å². The van der Waals surface area contributed by atoms with Crippen LogP contribution in [0.5, 0.6) is 0 Å². The van der Waals surface area contributed by atoms with E-state index in [1.165, 1.54) is 0 Å². The largest absolute Gasteiger partial charge is 0.393 e. The molecule has 0 aromatic carbocycles. The summed E-state index contributed by atoms with van der Waals surface area (Å²) in [6.45, 7) is 12.7. The van der Waals surface area contributed by atoms with Crippen LogP contribution in [-0.4, -0.2) is 44.8 Å². The molecule has 4 heteroatoms. The van der Waals surface area contributed by atoms with Crippen molar-refractivity contribution in [2.45, 2.75) is 110 Å². The van der Waals surface area contributed by atoms with Gasteiger partial charge in [0.15, 0.2) is 0 Å². The standard InChI is InChI=1S/C27H46O4/c1-15(2)22(29)9-6-16(3)19-7-8-20-25-21(14-24(31)27(19,20)5)26(4)11-10-18(28)12-17(26)13-23(25)30/h16-25,28-31H,1,6-14H2,2-5H3/t16-,17+,18-,19-,20+,21+,22?,23-,24+,25+,26+,27-/m1/s1. The highest BCUT2D eigenvalue weighted by molar-refractivity contribution is 5.14. The van der Waals surface area contributed by atoms with Crippen molar-refractivity contribution >= 4 is 0 Å². The van der Waals surface area contributed by atoms with Crippen molar-refractivity contribution in [2.24, 2.45) is 46.3 Å². The van der Waals surface area contributed by atoms with E-state index in [-0.39, 0.29) is 35.1 Å². The summed E-state index contributed by atoms with van der Waals surface area (Å²) in [5.41, 5.74) is 0.794. The van der Waals surface area contributed by atoms with Crippen molar-refractivity contribution < 1.29 is 20.4 Å². The van der Waals surface area contributed by atoms with Crippen LogP contribution in [0.1, 0.15) is 85.5 Å². The van der Waals surface area contributed by atoms with Crippen LogP contribution in [0.3, 0.4) is 0 Å². The van der Waals surface area contributed by atoms with E-state index in [1.807, 2.05) is 6.92 Å². The molecule has 4 nitrogen and oxygen atoms in total. The van der Waals surface area contributed by atoms with E-state index in [4.69, 9.17) is 0 Å². The summed E-state index contributed by atoms with van der Waals surface area (Å²) in [7, 11) is 0. The van der Waals surface area contributed by atoms with Crippen LogP contribution >= 0.6 is 0 Å². The van der Waals surface area contributed by atoms with Crippen molar-refractivity contribution in [3.8, 4) is 0 Å². The second kappa shape index (κ2) is 8.42. The Kier molecular flexibility index (Phi) is 6.44. The van der Waals surface area contributed by atoms with E-state index in [0.29, 0.717) is 29.6 Å². The van der Waals surface area contributed by atoms with E-state index in [2.05, 4.69) is 27.4 Å². The molecule has 12 atom stereocenters. The van der Waals surface area contributed by atoms with Crippen LogP contribution in [0.15, 0.2) is 12.2 Å². The molecule has 0 radical (unpaired) electrons. The van der Waals surface area contributed by atoms with Gasteiger partial charge in [-0.3, -0.25) is 0 Å². The Morgan fingerprint density at radius 1 is 1.00 bits per heavy atom. The molecule has 0 aromatic rings. The molecule has 4 saturated carbocycles. The molecular weight excluding hydrogens is 388 g/mol. The van der Waals surface area contributed by atoms with Crippen molar-refractivity contribution in [2.75, 3.05) is 0 Å². The Balaban J connectivity index is 1.56. The van der Waals surface area contributed by atoms with Gasteiger partial charge in [-0.15, -0.1) is 0 Å². The number of aliphatic hydroxyl groups is 4. The fourth-order valence-electron chi connectivity index (χ4n) is 9.00. The smallest absolute Gasteiger partial charge is 0.0744 e. The highest BCUT2D eigenvalue weighted by Gasteiger charge is 2.65. The molecule has 4 fully saturated rings. The van der Waals surface area contributed by atoms with Gasteiger partial charge in [-0.25, -0.2) is 0 Å². The van der Waals surface area contributed by atoms with Crippen LogP contribution in [-0.2, 0) is 0 Å². The minimum Gasteiger partial charge on any atom is -0.393 e. The number of hydrogen-bond acceptors (Lipinski definition) is 4. The molecule has 0 aliphatic heterocycles. The maximum atomic E-state index is 11.6. The molecule has 0 spiro atoms. The zero-order valence-corrected chi connectivity index (χ0v) is 20.1. The summed E-state index contributed by atoms with van der Waals surface area (Å²) in [6.07, 6.45) is 6.83. The average Bonchev–Trinajstić information content (AvgIpc) is 3.06. The molecule has 31 heavy (non-hydrogen) atoms. The minimum absolute atomic E-state index is 0.126. The van der Waals surface area contributed by atoms with Crippen molar-refractivity contribution in [1.82, 2.24) is 0 Å². The zero-order chi connectivity index (χ0) is 22.7. The van der Waals surface area contributed by atoms with Crippen LogP contribution in [0.25, 0.3) is 0 Å². The van der Waals surface area contributed by atoms with Crippen LogP contribution in [0.2, 0.25) is 0 Å². The fraction of sp³-hybridized carbons (Fsp3) is 0.926. The second-order valence-corrected chi connectivity index (χ2v) is 12.4. The van der Waals surface area contributed by atoms with Crippen molar-refractivity contribution in [1.29, 1.82) is 0 Å². The molecule has 4 rings (SSSR count). The van der Waals surface area contributed by atoms with Gasteiger partial charge < -0.3 is 20.4 Å². The highest BCUT2D eigenvalue weighted by atomic mass is 16.3. The maximum Gasteiger partial charge on any atom is 0.0744 e. The predicted molar refractivity (Wildman–Crippen MR) is 123 cm³/mol. The van der Waals surface area contributed by atoms with Crippen LogP contribution < -0.4 is 0 Å². The summed E-state index contributed by atoms with van der Waals surface area (Å²) in [6, 6.07) is 0. The van der Waals surface area contributed by atoms with Gasteiger partial charge in [-0.05, 0) is 111 Å². The first kappa shape index (κ1) is 23.7. The molecule has 0 amide bonds. The summed E-state index contributed by atoms with van der Waals surface area (Å²) < 4.78 is 0. The van der Waals surface area contributed by atoms with Gasteiger partial charge in [0.2, 0.25) is 0 Å². The van der Waals surface area contributed by atoms with Crippen molar-refractivity contribution in [3.63, 3.8) is 0 Å². The zero-order valence-electron chi connectivity index (χ0n) is 20.1. The Morgan fingerprint density at radius 2 is 1.71 bits per heavy atom. The van der Waals surface area contributed by atoms with E-state index < -0.39 is 6.10 Å². The molecule has 0 bridgehead atoms. The van der Waals surface area contributed by atoms with E-state index in [0.717, 1.165) is 63.4 Å². The minimum atomic E-state index is -0.438. The summed E-state index contributed by atoms with van der Waals surface area (Å²) in [4.78, 5) is 0. The highest BCUT2D eigenvalue weighted by Crippen LogP contribution is 2.68. The maximum absolute atomic E-state index is 11.6. The summed E-state index contributed by atoms with van der Waals surface area (Å²) in [5, 5.41) is 43.4. The van der Waals surface area contributed by atoms with Gasteiger partial charge in [0.25, 0.3) is 0 Å². The van der Waals surface area contributed by atoms with Gasteiger partial charge in [-0.2, -0.15) is 0 Å². The quantitative estimate of drug-likeness (QED) is 0.486. The Bertz CT molecular complexity index is 678. The molecule has 4 aliphatic rings. The third kappa shape index (κ3) is 3.74. The lowest BCUT2D eigenvalue weighted by molar-refractivity contribution is -0.207. The number of fused-ring (bicyclic) bond motifs is 5. The molecular formula is C27H46O4. The molecule has 178 valence electrons. The van der Waals surface area contributed by atoms with Gasteiger partial charge in [0.05, 0.1) is 24.4 Å². The molecule has 0 saturated heterocycles. The predicted octanol–water partition coefficient (Wildman–Crippen LogP) is 4.30. The third-order valence-corrected chi connectivity index (χ3v) is 11.0. The third-order valence-electron chi connectivity index (χ3n) is 11.0. The molecule has 4 aliphatic carbocycles. The summed E-state index contributed by atoms with van der Waals surface area (Å²) in [5.74, 6) is 2.20. The van der Waals surface area contributed by atoms with E-state index in [9.17, 15) is 20.4 Å². The molecule has 1 unspecified atom stereocenters. The monoisotopic (exact) mass is 434 g/mol. The lowest BCUT2D eigenvalue weighted by Crippen LogP contribution is -2.62. The molecule has 0 aromatic heterocycles. The first-order chi connectivity index (χ1) is 14.5. The van der Waals surface area contributed by atoms with Gasteiger partial charge in [0, 0.05) is 0 Å². The topological polar surface area (TPSA) is 80.9 Å². The number of rotatable bonds is 5. The average molecular weight is 435 g/mol. The summed E-state index contributed by atoms with van der Waals surface area (Å²) >= 11 is 0. The van der Waals surface area contributed by atoms with Crippen LogP contribution in [0.4, 0.5) is 0 Å². The first-order valence-corrected chi connectivity index (χ1v) is 12.9. The van der Waals surface area contributed by atoms with E-state index in [1.54, 1.807) is 0 Å².